The van der Waals surface area contributed by atoms with E-state index in [0.717, 1.165) is 49.3 Å². The van der Waals surface area contributed by atoms with Gasteiger partial charge in [-0.1, -0.05) is 12.1 Å². The number of alkyl halides is 3. The molecule has 1 aromatic carbocycles. The van der Waals surface area contributed by atoms with Crippen molar-refractivity contribution in [3.63, 3.8) is 0 Å². The number of hydrogen-bond donors (Lipinski definition) is 0. The molecule has 38 heavy (non-hydrogen) atoms. The lowest BCUT2D eigenvalue weighted by Gasteiger charge is -2.39. The molecule has 3 aromatic rings. The smallest absolute Gasteiger partial charge is 0.453 e. The van der Waals surface area contributed by atoms with Crippen molar-refractivity contribution in [2.45, 2.75) is 44.8 Å². The van der Waals surface area contributed by atoms with Crippen LogP contribution in [0.3, 0.4) is 0 Å². The summed E-state index contributed by atoms with van der Waals surface area (Å²) in [4.78, 5) is 17.9. The van der Waals surface area contributed by atoms with Crippen molar-refractivity contribution in [1.29, 1.82) is 0 Å². The van der Waals surface area contributed by atoms with Crippen LogP contribution in [-0.2, 0) is 11.0 Å². The van der Waals surface area contributed by atoms with Gasteiger partial charge >= 0.3 is 6.18 Å². The SMILES string of the molecule is CC(=O)N1CCN(CCOc2ccc(C3CCN(c4ccc5nnc(C(F)(F)F)n5n4)CC3)cc2)C[C@H]1C. The normalized spacial score (nSPS) is 19.8. The molecule has 12 heteroatoms. The van der Waals surface area contributed by atoms with Crippen molar-refractivity contribution in [2.24, 2.45) is 0 Å². The first-order valence-corrected chi connectivity index (χ1v) is 13.0. The number of anilines is 1. The first-order valence-electron chi connectivity index (χ1n) is 13.0. The van der Waals surface area contributed by atoms with E-state index in [1.54, 1.807) is 13.0 Å². The number of carbonyl (C=O) groups excluding carboxylic acids is 1. The molecular weight excluding hydrogens is 499 g/mol. The molecule has 0 bridgehead atoms. The second kappa shape index (κ2) is 10.8. The third-order valence-electron chi connectivity index (χ3n) is 7.47. The minimum Gasteiger partial charge on any atom is -0.492 e. The van der Waals surface area contributed by atoms with Gasteiger partial charge in [0, 0.05) is 52.2 Å². The number of piperidine rings is 1. The maximum absolute atomic E-state index is 13.2. The lowest BCUT2D eigenvalue weighted by molar-refractivity contribution is -0.146. The van der Waals surface area contributed by atoms with Crippen LogP contribution in [0.4, 0.5) is 19.0 Å². The molecule has 4 heterocycles. The summed E-state index contributed by atoms with van der Waals surface area (Å²) in [5, 5.41) is 11.0. The van der Waals surface area contributed by atoms with E-state index in [1.165, 1.54) is 11.6 Å². The Bertz CT molecular complexity index is 1260. The molecule has 2 fully saturated rings. The molecule has 0 saturated carbocycles. The molecule has 1 atom stereocenters. The minimum atomic E-state index is -4.61. The van der Waals surface area contributed by atoms with Gasteiger partial charge in [-0.3, -0.25) is 9.69 Å². The van der Waals surface area contributed by atoms with Gasteiger partial charge in [-0.25, -0.2) is 0 Å². The fraction of sp³-hybridized carbons (Fsp3) is 0.538. The van der Waals surface area contributed by atoms with E-state index in [1.807, 2.05) is 21.9 Å². The summed E-state index contributed by atoms with van der Waals surface area (Å²) in [5.74, 6) is 0.694. The molecule has 2 aliphatic rings. The highest BCUT2D eigenvalue weighted by molar-refractivity contribution is 5.73. The van der Waals surface area contributed by atoms with Crippen LogP contribution in [0, 0.1) is 0 Å². The Balaban J connectivity index is 1.11. The number of piperazine rings is 1. The van der Waals surface area contributed by atoms with E-state index < -0.39 is 12.0 Å². The van der Waals surface area contributed by atoms with E-state index in [4.69, 9.17) is 4.74 Å². The molecule has 0 N–H and O–H groups in total. The molecule has 0 spiro atoms. The van der Waals surface area contributed by atoms with Crippen molar-refractivity contribution < 1.29 is 22.7 Å². The Labute approximate surface area is 219 Å². The number of carbonyl (C=O) groups is 1. The topological polar surface area (TPSA) is 79.1 Å². The molecule has 0 aliphatic carbocycles. The first kappa shape index (κ1) is 26.2. The fourth-order valence-electron chi connectivity index (χ4n) is 5.40. The van der Waals surface area contributed by atoms with Gasteiger partial charge in [0.05, 0.1) is 0 Å². The van der Waals surface area contributed by atoms with Crippen LogP contribution in [0.2, 0.25) is 0 Å². The molecule has 0 radical (unpaired) electrons. The summed E-state index contributed by atoms with van der Waals surface area (Å²) >= 11 is 0. The summed E-state index contributed by atoms with van der Waals surface area (Å²) in [6, 6.07) is 11.6. The third-order valence-corrected chi connectivity index (χ3v) is 7.47. The van der Waals surface area contributed by atoms with Gasteiger partial charge in [0.2, 0.25) is 5.91 Å². The molecule has 2 aliphatic heterocycles. The molecule has 1 amide bonds. The molecular formula is C26H32F3N7O2. The number of rotatable bonds is 6. The highest BCUT2D eigenvalue weighted by Crippen LogP contribution is 2.32. The van der Waals surface area contributed by atoms with E-state index in [0.29, 0.717) is 31.4 Å². The van der Waals surface area contributed by atoms with Crippen molar-refractivity contribution in [3.05, 3.63) is 47.8 Å². The molecule has 0 unspecified atom stereocenters. The number of hydrogen-bond acceptors (Lipinski definition) is 7. The van der Waals surface area contributed by atoms with Gasteiger partial charge in [-0.2, -0.15) is 17.7 Å². The Hall–Kier alpha value is -3.41. The summed E-state index contributed by atoms with van der Waals surface area (Å²) in [6.07, 6.45) is -2.87. The Kier molecular flexibility index (Phi) is 7.42. The van der Waals surface area contributed by atoms with Crippen LogP contribution in [-0.4, -0.2) is 87.4 Å². The number of nitrogens with zero attached hydrogens (tertiary/aromatic N) is 7. The predicted octanol–water partition coefficient (Wildman–Crippen LogP) is 3.46. The van der Waals surface area contributed by atoms with E-state index in [2.05, 4.69) is 39.3 Å². The van der Waals surface area contributed by atoms with Crippen LogP contribution in [0.1, 0.15) is 44.0 Å². The van der Waals surface area contributed by atoms with Crippen LogP contribution < -0.4 is 9.64 Å². The van der Waals surface area contributed by atoms with Crippen LogP contribution in [0.15, 0.2) is 36.4 Å². The van der Waals surface area contributed by atoms with Crippen LogP contribution >= 0.6 is 0 Å². The van der Waals surface area contributed by atoms with Crippen molar-refractivity contribution in [2.75, 3.05) is 50.8 Å². The lowest BCUT2D eigenvalue weighted by atomic mass is 9.89. The van der Waals surface area contributed by atoms with Gasteiger partial charge in [0.15, 0.2) is 5.65 Å². The molecule has 204 valence electrons. The highest BCUT2D eigenvalue weighted by Gasteiger charge is 2.38. The number of benzene rings is 1. The number of fused-ring (bicyclic) bond motifs is 1. The fourth-order valence-corrected chi connectivity index (χ4v) is 5.40. The van der Waals surface area contributed by atoms with E-state index in [-0.39, 0.29) is 17.6 Å². The maximum Gasteiger partial charge on any atom is 0.453 e. The van der Waals surface area contributed by atoms with Crippen LogP contribution in [0.25, 0.3) is 5.65 Å². The molecule has 2 saturated heterocycles. The van der Waals surface area contributed by atoms with Gasteiger partial charge in [-0.15, -0.1) is 15.3 Å². The molecule has 9 nitrogen and oxygen atoms in total. The second-order valence-corrected chi connectivity index (χ2v) is 10.0. The zero-order chi connectivity index (χ0) is 26.9. The quantitative estimate of drug-likeness (QED) is 0.482. The van der Waals surface area contributed by atoms with Gasteiger partial charge < -0.3 is 14.5 Å². The number of ether oxygens (including phenoxy) is 1. The van der Waals surface area contributed by atoms with Crippen LogP contribution in [0.5, 0.6) is 5.75 Å². The van der Waals surface area contributed by atoms with Gasteiger partial charge in [0.1, 0.15) is 18.2 Å². The average Bonchev–Trinajstić information content (AvgIpc) is 3.33. The third kappa shape index (κ3) is 5.69. The van der Waals surface area contributed by atoms with E-state index >= 15 is 0 Å². The molecule has 5 rings (SSSR count). The number of halogens is 3. The largest absolute Gasteiger partial charge is 0.492 e. The van der Waals surface area contributed by atoms with Crippen molar-refractivity contribution in [1.82, 2.24) is 29.6 Å². The van der Waals surface area contributed by atoms with Crippen molar-refractivity contribution in [3.8, 4) is 5.75 Å². The summed E-state index contributed by atoms with van der Waals surface area (Å²) < 4.78 is 46.3. The number of aromatic nitrogens is 4. The summed E-state index contributed by atoms with van der Waals surface area (Å²) in [5.41, 5.74) is 1.30. The van der Waals surface area contributed by atoms with E-state index in [9.17, 15) is 18.0 Å². The highest BCUT2D eigenvalue weighted by atomic mass is 19.4. The first-order chi connectivity index (χ1) is 18.2. The standard InChI is InChI=1S/C26H32F3N7O2/c1-18-17-33(13-14-35(18)19(2)37)15-16-38-22-5-3-20(4-6-22)21-9-11-34(12-10-21)24-8-7-23-30-31-25(26(27,28)29)36(23)32-24/h3-8,18,21H,9-17H2,1-2H3/t18-/m1/s1. The van der Waals surface area contributed by atoms with Gasteiger partial charge in [-0.05, 0) is 55.5 Å². The Morgan fingerprint density at radius 3 is 2.42 bits per heavy atom. The van der Waals surface area contributed by atoms with Crippen molar-refractivity contribution >= 4 is 17.4 Å². The summed E-state index contributed by atoms with van der Waals surface area (Å²) in [7, 11) is 0. The monoisotopic (exact) mass is 531 g/mol. The summed E-state index contributed by atoms with van der Waals surface area (Å²) in [6.45, 7) is 8.96. The number of amides is 1. The average molecular weight is 532 g/mol. The predicted molar refractivity (Wildman–Crippen MR) is 135 cm³/mol. The zero-order valence-electron chi connectivity index (χ0n) is 21.6. The van der Waals surface area contributed by atoms with Gasteiger partial charge in [0.25, 0.3) is 5.82 Å². The lowest BCUT2D eigenvalue weighted by Crippen LogP contribution is -2.54. The molecule has 2 aromatic heterocycles. The second-order valence-electron chi connectivity index (χ2n) is 10.0. The minimum absolute atomic E-state index is 0.0726. The Morgan fingerprint density at radius 1 is 1.03 bits per heavy atom. The maximum atomic E-state index is 13.2. The Morgan fingerprint density at radius 2 is 1.76 bits per heavy atom. The zero-order valence-corrected chi connectivity index (χ0v) is 21.6.